The maximum absolute atomic E-state index is 12.7. The van der Waals surface area contributed by atoms with Gasteiger partial charge in [0.05, 0.1) is 22.3 Å². The van der Waals surface area contributed by atoms with E-state index in [0.29, 0.717) is 6.04 Å². The minimum atomic E-state index is -0.210. The second-order valence-corrected chi connectivity index (χ2v) is 11.9. The lowest BCUT2D eigenvalue weighted by Crippen LogP contribution is -2.40. The van der Waals surface area contributed by atoms with Crippen molar-refractivity contribution >= 4 is 17.5 Å². The quantitative estimate of drug-likeness (QED) is 0.345. The first kappa shape index (κ1) is 25.7. The Kier molecular flexibility index (Phi) is 6.78. The summed E-state index contributed by atoms with van der Waals surface area (Å²) in [4.78, 5) is 17.5. The summed E-state index contributed by atoms with van der Waals surface area (Å²) in [7, 11) is 0. The number of nitrogens with zero attached hydrogens (tertiary/aromatic N) is 3. The molecule has 1 aliphatic carbocycles. The maximum Gasteiger partial charge on any atom is 0.226 e. The third-order valence-electron chi connectivity index (χ3n) is 8.78. The molecule has 1 saturated carbocycles. The molecule has 1 aromatic carbocycles. The number of halogens is 1. The molecule has 5 rings (SSSR count). The number of hydrogen-bond acceptors (Lipinski definition) is 3. The Morgan fingerprint density at radius 2 is 1.70 bits per heavy atom. The minimum absolute atomic E-state index is 0.0549. The molecular weight excluding hydrogens is 480 g/mol. The fourth-order valence-electron chi connectivity index (χ4n) is 6.08. The van der Waals surface area contributed by atoms with Gasteiger partial charge in [-0.2, -0.15) is 5.10 Å². The van der Waals surface area contributed by atoms with E-state index in [2.05, 4.69) is 75.2 Å². The smallest absolute Gasteiger partial charge is 0.226 e. The Balaban J connectivity index is 1.54. The largest absolute Gasteiger partial charge is 0.356 e. The maximum atomic E-state index is 12.7. The molecule has 1 unspecified atom stereocenters. The Morgan fingerprint density at radius 3 is 2.27 bits per heavy atom. The minimum Gasteiger partial charge on any atom is -0.356 e. The van der Waals surface area contributed by atoms with Crippen LogP contribution in [0.15, 0.2) is 55.5 Å². The molecule has 1 atom stereocenters. The molecule has 5 nitrogen and oxygen atoms in total. The predicted octanol–water partition coefficient (Wildman–Crippen LogP) is 7.47. The van der Waals surface area contributed by atoms with Crippen molar-refractivity contribution in [3.8, 4) is 22.3 Å². The van der Waals surface area contributed by atoms with E-state index in [9.17, 15) is 4.79 Å². The first-order chi connectivity index (χ1) is 17.7. The molecule has 1 N–H and O–H groups in total. The molecule has 0 bridgehead atoms. The zero-order valence-electron chi connectivity index (χ0n) is 22.4. The molecule has 1 aliphatic heterocycles. The second-order valence-electron chi connectivity index (χ2n) is 11.5. The number of benzene rings is 1. The lowest BCUT2D eigenvalue weighted by molar-refractivity contribution is -0.129. The standard InChI is InChI=1S/C31H37ClN4O/c1-6-21(4)28-27(32)26(30(5)11-13-31(14-12-30)15-16-33-29(31)37)25(18-34-28)23-9-7-22(8-10-23)24-17-35-36(19-24)20(2)3/h6-10,17-21H,1,11-16H2,2-5H3,(H,33,37). The van der Waals surface area contributed by atoms with E-state index in [-0.39, 0.29) is 22.7 Å². The van der Waals surface area contributed by atoms with E-state index in [4.69, 9.17) is 16.6 Å². The number of carbonyl (C=O) groups excluding carboxylic acids is 1. The van der Waals surface area contributed by atoms with Crippen LogP contribution < -0.4 is 5.32 Å². The van der Waals surface area contributed by atoms with Crippen LogP contribution >= 0.6 is 11.6 Å². The van der Waals surface area contributed by atoms with Crippen molar-refractivity contribution in [2.24, 2.45) is 5.41 Å². The molecule has 0 radical (unpaired) electrons. The van der Waals surface area contributed by atoms with Gasteiger partial charge in [0.1, 0.15) is 0 Å². The lowest BCUT2D eigenvalue weighted by atomic mass is 9.60. The zero-order valence-corrected chi connectivity index (χ0v) is 23.1. The Bertz CT molecular complexity index is 1320. The topological polar surface area (TPSA) is 59.8 Å². The van der Waals surface area contributed by atoms with Gasteiger partial charge in [0.2, 0.25) is 5.91 Å². The highest BCUT2D eigenvalue weighted by atomic mass is 35.5. The molecule has 3 aromatic rings. The molecule has 2 aliphatic rings. The van der Waals surface area contributed by atoms with E-state index in [1.54, 1.807) is 0 Å². The first-order valence-electron chi connectivity index (χ1n) is 13.4. The predicted molar refractivity (Wildman–Crippen MR) is 151 cm³/mol. The molecule has 194 valence electrons. The lowest BCUT2D eigenvalue weighted by Gasteiger charge is -2.43. The average Bonchev–Trinajstić information content (AvgIpc) is 3.53. The molecule has 2 fully saturated rings. The van der Waals surface area contributed by atoms with E-state index >= 15 is 0 Å². The van der Waals surface area contributed by atoms with Crippen LogP contribution in [0.4, 0.5) is 0 Å². The Morgan fingerprint density at radius 1 is 1.03 bits per heavy atom. The Labute approximate surface area is 225 Å². The van der Waals surface area contributed by atoms with Gasteiger partial charge in [0.25, 0.3) is 0 Å². The number of rotatable bonds is 6. The molecule has 37 heavy (non-hydrogen) atoms. The van der Waals surface area contributed by atoms with Gasteiger partial charge < -0.3 is 5.32 Å². The summed E-state index contributed by atoms with van der Waals surface area (Å²) in [5, 5.41) is 8.29. The van der Waals surface area contributed by atoms with Gasteiger partial charge in [0, 0.05) is 42.0 Å². The summed E-state index contributed by atoms with van der Waals surface area (Å²) in [5.74, 6) is 0.284. The van der Waals surface area contributed by atoms with Gasteiger partial charge in [-0.05, 0) is 68.1 Å². The van der Waals surface area contributed by atoms with E-state index in [1.165, 1.54) is 0 Å². The molecule has 6 heteroatoms. The summed E-state index contributed by atoms with van der Waals surface area (Å²) < 4.78 is 1.98. The van der Waals surface area contributed by atoms with Crippen LogP contribution in [0.3, 0.4) is 0 Å². The third kappa shape index (κ3) is 4.52. The molecule has 1 spiro atoms. The van der Waals surface area contributed by atoms with Crippen molar-refractivity contribution < 1.29 is 4.79 Å². The van der Waals surface area contributed by atoms with Crippen LogP contribution in [-0.4, -0.2) is 27.2 Å². The van der Waals surface area contributed by atoms with Crippen molar-refractivity contribution in [3.63, 3.8) is 0 Å². The van der Waals surface area contributed by atoms with Gasteiger partial charge in [-0.1, -0.05) is 55.8 Å². The SMILES string of the molecule is C=CC(C)c1ncc(-c2ccc(-c3cnn(C(C)C)c3)cc2)c(C2(C)CCC3(CCNC3=O)CC2)c1Cl. The number of aromatic nitrogens is 3. The number of allylic oxidation sites excluding steroid dienone is 1. The number of nitrogens with one attached hydrogen (secondary N) is 1. The summed E-state index contributed by atoms with van der Waals surface area (Å²) in [5.41, 5.74) is 6.08. The van der Waals surface area contributed by atoms with Crippen LogP contribution in [0, 0.1) is 5.41 Å². The van der Waals surface area contributed by atoms with Gasteiger partial charge in [0.15, 0.2) is 0 Å². The number of amides is 1. The summed E-state index contributed by atoms with van der Waals surface area (Å²) in [6.07, 6.45) is 12.4. The monoisotopic (exact) mass is 516 g/mol. The molecule has 1 amide bonds. The van der Waals surface area contributed by atoms with Crippen LogP contribution in [0.2, 0.25) is 5.02 Å². The van der Waals surface area contributed by atoms with Crippen molar-refractivity contribution in [1.82, 2.24) is 20.1 Å². The second kappa shape index (κ2) is 9.75. The van der Waals surface area contributed by atoms with Crippen molar-refractivity contribution in [2.45, 2.75) is 77.2 Å². The van der Waals surface area contributed by atoms with Crippen LogP contribution in [0.5, 0.6) is 0 Å². The molecule has 1 saturated heterocycles. The number of carbonyl (C=O) groups is 1. The van der Waals surface area contributed by atoms with Crippen LogP contribution in [0.1, 0.15) is 83.0 Å². The van der Waals surface area contributed by atoms with E-state index < -0.39 is 0 Å². The van der Waals surface area contributed by atoms with E-state index in [0.717, 1.165) is 77.2 Å². The highest BCUT2D eigenvalue weighted by Crippen LogP contribution is 2.53. The molecule has 3 heterocycles. The highest BCUT2D eigenvalue weighted by Gasteiger charge is 2.49. The number of hydrogen-bond donors (Lipinski definition) is 1. The first-order valence-corrected chi connectivity index (χ1v) is 13.8. The normalized spacial score (nSPS) is 24.4. The zero-order chi connectivity index (χ0) is 26.4. The van der Waals surface area contributed by atoms with Crippen molar-refractivity contribution in [2.75, 3.05) is 6.54 Å². The summed E-state index contributed by atoms with van der Waals surface area (Å²) in [6, 6.07) is 8.94. The number of pyridine rings is 1. The van der Waals surface area contributed by atoms with Crippen molar-refractivity contribution in [1.29, 1.82) is 0 Å². The van der Waals surface area contributed by atoms with Crippen LogP contribution in [-0.2, 0) is 10.2 Å². The fourth-order valence-corrected chi connectivity index (χ4v) is 6.63. The van der Waals surface area contributed by atoms with Gasteiger partial charge >= 0.3 is 0 Å². The van der Waals surface area contributed by atoms with Gasteiger partial charge in [-0.15, -0.1) is 6.58 Å². The van der Waals surface area contributed by atoms with Crippen molar-refractivity contribution in [3.05, 3.63) is 71.8 Å². The highest BCUT2D eigenvalue weighted by molar-refractivity contribution is 6.32. The van der Waals surface area contributed by atoms with Crippen LogP contribution in [0.25, 0.3) is 22.3 Å². The average molecular weight is 517 g/mol. The molecule has 2 aromatic heterocycles. The summed E-state index contributed by atoms with van der Waals surface area (Å²) >= 11 is 7.20. The Hall–Kier alpha value is -2.92. The summed E-state index contributed by atoms with van der Waals surface area (Å²) in [6.45, 7) is 13.4. The van der Waals surface area contributed by atoms with Gasteiger partial charge in [-0.25, -0.2) is 0 Å². The van der Waals surface area contributed by atoms with Gasteiger partial charge in [-0.3, -0.25) is 14.5 Å². The molecular formula is C31H37ClN4O. The fraction of sp³-hybridized carbons (Fsp3) is 0.452. The third-order valence-corrected chi connectivity index (χ3v) is 9.16. The van der Waals surface area contributed by atoms with E-state index in [1.807, 2.05) is 23.2 Å².